The van der Waals surface area contributed by atoms with Gasteiger partial charge in [0, 0.05) is 13.0 Å². The van der Waals surface area contributed by atoms with E-state index < -0.39 is 12.1 Å². The Kier molecular flexibility index (Phi) is 7.35. The highest BCUT2D eigenvalue weighted by atomic mass is 16.5. The van der Waals surface area contributed by atoms with E-state index in [0.29, 0.717) is 13.0 Å². The minimum atomic E-state index is -0.571. The van der Waals surface area contributed by atoms with E-state index in [0.717, 1.165) is 12.1 Å². The lowest BCUT2D eigenvalue weighted by Gasteiger charge is -2.13. The van der Waals surface area contributed by atoms with Crippen LogP contribution in [0.5, 0.6) is 0 Å². The maximum absolute atomic E-state index is 11.7. The first-order chi connectivity index (χ1) is 9.63. The van der Waals surface area contributed by atoms with Gasteiger partial charge in [-0.2, -0.15) is 0 Å². The smallest absolute Gasteiger partial charge is 0.408 e. The topological polar surface area (TPSA) is 67.4 Å². The van der Waals surface area contributed by atoms with E-state index in [1.54, 1.807) is 6.92 Å². The van der Waals surface area contributed by atoms with E-state index in [4.69, 9.17) is 4.74 Å². The highest BCUT2D eigenvalue weighted by Gasteiger charge is 2.15. The van der Waals surface area contributed by atoms with Crippen molar-refractivity contribution in [1.29, 1.82) is 0 Å². The highest BCUT2D eigenvalue weighted by molar-refractivity contribution is 5.87. The minimum Gasteiger partial charge on any atom is -0.445 e. The average molecular weight is 278 g/mol. The summed E-state index contributed by atoms with van der Waals surface area (Å²) in [7, 11) is 0. The molecule has 0 fully saturated rings. The number of benzene rings is 1. The quantitative estimate of drug-likeness (QED) is 0.712. The van der Waals surface area contributed by atoms with Crippen molar-refractivity contribution < 1.29 is 14.3 Å². The number of ketones is 1. The Morgan fingerprint density at radius 3 is 2.60 bits per heavy atom. The molecule has 1 rings (SSSR count). The first-order valence-corrected chi connectivity index (χ1v) is 6.84. The van der Waals surface area contributed by atoms with Gasteiger partial charge in [-0.1, -0.05) is 37.3 Å². The van der Waals surface area contributed by atoms with Crippen LogP contribution < -0.4 is 10.6 Å². The van der Waals surface area contributed by atoms with E-state index in [-0.39, 0.29) is 12.4 Å². The van der Waals surface area contributed by atoms with Crippen LogP contribution >= 0.6 is 0 Å². The SMILES string of the molecule is CCNCCC(=O)[C@H](C)NC(=O)OCc1ccccc1. The summed E-state index contributed by atoms with van der Waals surface area (Å²) >= 11 is 0. The fourth-order valence-corrected chi connectivity index (χ4v) is 1.63. The van der Waals surface area contributed by atoms with Gasteiger partial charge in [0.15, 0.2) is 5.78 Å². The lowest BCUT2D eigenvalue weighted by molar-refractivity contribution is -0.120. The van der Waals surface area contributed by atoms with Crippen LogP contribution in [0.15, 0.2) is 30.3 Å². The third-order valence-corrected chi connectivity index (χ3v) is 2.83. The second kappa shape index (κ2) is 9.09. The number of alkyl carbamates (subject to hydrolysis) is 1. The molecule has 1 amide bonds. The molecule has 5 nitrogen and oxygen atoms in total. The Morgan fingerprint density at radius 1 is 1.25 bits per heavy atom. The number of Topliss-reactive ketones (excluding diaryl/α,β-unsaturated/α-hetero) is 1. The summed E-state index contributed by atoms with van der Waals surface area (Å²) in [4.78, 5) is 23.3. The van der Waals surface area contributed by atoms with Gasteiger partial charge in [0.2, 0.25) is 0 Å². The Bertz CT molecular complexity index is 420. The number of hydrogen-bond acceptors (Lipinski definition) is 4. The second-order valence-corrected chi connectivity index (χ2v) is 4.50. The van der Waals surface area contributed by atoms with Gasteiger partial charge >= 0.3 is 6.09 Å². The molecule has 0 heterocycles. The summed E-state index contributed by atoms with van der Waals surface area (Å²) in [5, 5.41) is 5.61. The predicted octanol–water partition coefficient (Wildman–Crippen LogP) is 1.87. The standard InChI is InChI=1S/C15H22N2O3/c1-3-16-10-9-14(18)12(2)17-15(19)20-11-13-7-5-4-6-8-13/h4-8,12,16H,3,9-11H2,1-2H3,(H,17,19)/t12-/m0/s1. The van der Waals surface area contributed by atoms with Crippen molar-refractivity contribution in [1.82, 2.24) is 10.6 Å². The summed E-state index contributed by atoms with van der Waals surface area (Å²) in [5.74, 6) is -0.0115. The highest BCUT2D eigenvalue weighted by Crippen LogP contribution is 2.01. The summed E-state index contributed by atoms with van der Waals surface area (Å²) in [6, 6.07) is 8.87. The number of carbonyl (C=O) groups excluding carboxylic acids is 2. The van der Waals surface area contributed by atoms with Gasteiger partial charge in [0.25, 0.3) is 0 Å². The van der Waals surface area contributed by atoms with Crippen molar-refractivity contribution in [3.8, 4) is 0 Å². The van der Waals surface area contributed by atoms with Gasteiger partial charge < -0.3 is 15.4 Å². The van der Waals surface area contributed by atoms with Crippen molar-refractivity contribution in [3.63, 3.8) is 0 Å². The molecule has 1 aromatic carbocycles. The molecule has 1 aromatic rings. The number of rotatable bonds is 8. The zero-order valence-electron chi connectivity index (χ0n) is 12.0. The molecule has 0 radical (unpaired) electrons. The number of ether oxygens (including phenoxy) is 1. The fraction of sp³-hybridized carbons (Fsp3) is 0.467. The summed E-state index contributed by atoms with van der Waals surface area (Å²) < 4.78 is 5.06. The van der Waals surface area contributed by atoms with Crippen LogP contribution in [0.25, 0.3) is 0 Å². The van der Waals surface area contributed by atoms with Crippen molar-refractivity contribution in [2.24, 2.45) is 0 Å². The van der Waals surface area contributed by atoms with Gasteiger partial charge in [0.1, 0.15) is 6.61 Å². The molecular formula is C15H22N2O3. The summed E-state index contributed by atoms with van der Waals surface area (Å²) in [6.45, 7) is 5.30. The van der Waals surface area contributed by atoms with E-state index in [2.05, 4.69) is 10.6 Å². The third-order valence-electron chi connectivity index (χ3n) is 2.83. The molecule has 20 heavy (non-hydrogen) atoms. The van der Waals surface area contributed by atoms with Gasteiger partial charge in [0.05, 0.1) is 6.04 Å². The van der Waals surface area contributed by atoms with Crippen LogP contribution in [0, 0.1) is 0 Å². The van der Waals surface area contributed by atoms with Crippen molar-refractivity contribution in [2.45, 2.75) is 32.9 Å². The normalized spacial score (nSPS) is 11.7. The van der Waals surface area contributed by atoms with E-state index in [9.17, 15) is 9.59 Å². The van der Waals surface area contributed by atoms with Crippen LogP contribution in [0.4, 0.5) is 4.79 Å². The second-order valence-electron chi connectivity index (χ2n) is 4.50. The predicted molar refractivity (Wildman–Crippen MR) is 77.4 cm³/mol. The van der Waals surface area contributed by atoms with E-state index >= 15 is 0 Å². The molecule has 2 N–H and O–H groups in total. The maximum atomic E-state index is 11.7. The Balaban J connectivity index is 2.25. The molecule has 0 aliphatic rings. The number of carbonyl (C=O) groups is 2. The number of hydrogen-bond donors (Lipinski definition) is 2. The van der Waals surface area contributed by atoms with Gasteiger partial charge in [-0.15, -0.1) is 0 Å². The number of amides is 1. The van der Waals surface area contributed by atoms with E-state index in [1.807, 2.05) is 37.3 Å². The molecule has 0 aliphatic carbocycles. The monoisotopic (exact) mass is 278 g/mol. The van der Waals surface area contributed by atoms with Crippen LogP contribution in [-0.2, 0) is 16.1 Å². The average Bonchev–Trinajstić information content (AvgIpc) is 2.46. The van der Waals surface area contributed by atoms with Gasteiger partial charge in [-0.05, 0) is 19.0 Å². The molecule has 0 unspecified atom stereocenters. The number of nitrogens with one attached hydrogen (secondary N) is 2. The molecule has 0 saturated heterocycles. The summed E-state index contributed by atoms with van der Waals surface area (Å²) in [5.41, 5.74) is 0.911. The minimum absolute atomic E-state index is 0.0115. The van der Waals surface area contributed by atoms with Crippen LogP contribution in [0.3, 0.4) is 0 Å². The lowest BCUT2D eigenvalue weighted by atomic mass is 10.1. The fourth-order valence-electron chi connectivity index (χ4n) is 1.63. The largest absolute Gasteiger partial charge is 0.445 e. The zero-order valence-corrected chi connectivity index (χ0v) is 12.0. The van der Waals surface area contributed by atoms with Crippen molar-refractivity contribution in [2.75, 3.05) is 13.1 Å². The molecule has 0 saturated carbocycles. The van der Waals surface area contributed by atoms with Crippen LogP contribution in [0.1, 0.15) is 25.8 Å². The molecule has 110 valence electrons. The lowest BCUT2D eigenvalue weighted by Crippen LogP contribution is -2.39. The van der Waals surface area contributed by atoms with Crippen LogP contribution in [-0.4, -0.2) is 31.0 Å². The van der Waals surface area contributed by atoms with Crippen LogP contribution in [0.2, 0.25) is 0 Å². The molecule has 0 aliphatic heterocycles. The van der Waals surface area contributed by atoms with Gasteiger partial charge in [-0.25, -0.2) is 4.79 Å². The molecule has 1 atom stereocenters. The van der Waals surface area contributed by atoms with Crippen molar-refractivity contribution in [3.05, 3.63) is 35.9 Å². The van der Waals surface area contributed by atoms with E-state index in [1.165, 1.54) is 0 Å². The molecule has 5 heteroatoms. The molecule has 0 aromatic heterocycles. The van der Waals surface area contributed by atoms with Crippen molar-refractivity contribution >= 4 is 11.9 Å². The molecule has 0 spiro atoms. The first kappa shape index (κ1) is 16.2. The van der Waals surface area contributed by atoms with Gasteiger partial charge in [-0.3, -0.25) is 4.79 Å². The summed E-state index contributed by atoms with van der Waals surface area (Å²) in [6.07, 6.45) is -0.174. The Labute approximate surface area is 119 Å². The Hall–Kier alpha value is -1.88. The zero-order chi connectivity index (χ0) is 14.8. The molecular weight excluding hydrogens is 256 g/mol. The first-order valence-electron chi connectivity index (χ1n) is 6.84. The third kappa shape index (κ3) is 6.33. The maximum Gasteiger partial charge on any atom is 0.408 e. The molecule has 0 bridgehead atoms. The Morgan fingerprint density at radius 2 is 1.95 bits per heavy atom.